The first kappa shape index (κ1) is 19.3. The summed E-state index contributed by atoms with van der Waals surface area (Å²) in [5, 5.41) is 3.39. The highest BCUT2D eigenvalue weighted by molar-refractivity contribution is 5.85. The predicted molar refractivity (Wildman–Crippen MR) is 102 cm³/mol. The van der Waals surface area contributed by atoms with Crippen molar-refractivity contribution in [1.29, 1.82) is 0 Å². The zero-order chi connectivity index (χ0) is 16.1. The van der Waals surface area contributed by atoms with E-state index in [2.05, 4.69) is 41.4 Å². The van der Waals surface area contributed by atoms with Crippen LogP contribution in [0.3, 0.4) is 0 Å². The van der Waals surface area contributed by atoms with Gasteiger partial charge in [0.1, 0.15) is 0 Å². The van der Waals surface area contributed by atoms with Gasteiger partial charge in [-0.2, -0.15) is 0 Å². The molecule has 0 aliphatic carbocycles. The van der Waals surface area contributed by atoms with E-state index in [9.17, 15) is 4.79 Å². The van der Waals surface area contributed by atoms with Crippen molar-refractivity contribution >= 4 is 18.3 Å². The zero-order valence-electron chi connectivity index (χ0n) is 14.8. The molecule has 3 rings (SSSR count). The number of carbonyl (C=O) groups excluding carboxylic acids is 1. The van der Waals surface area contributed by atoms with E-state index >= 15 is 0 Å². The quantitative estimate of drug-likeness (QED) is 0.883. The minimum absolute atomic E-state index is 0. The van der Waals surface area contributed by atoms with Crippen LogP contribution in [0.1, 0.15) is 62.1 Å². The first-order chi connectivity index (χ1) is 11.2. The van der Waals surface area contributed by atoms with Crippen LogP contribution in [-0.2, 0) is 4.79 Å². The summed E-state index contributed by atoms with van der Waals surface area (Å²) < 4.78 is 0. The van der Waals surface area contributed by atoms with Crippen LogP contribution in [0, 0.1) is 12.8 Å². The van der Waals surface area contributed by atoms with Crippen molar-refractivity contribution in [2.45, 2.75) is 57.9 Å². The number of likely N-dealkylation sites (tertiary alicyclic amines) is 1. The van der Waals surface area contributed by atoms with Gasteiger partial charge in [-0.05, 0) is 57.2 Å². The van der Waals surface area contributed by atoms with E-state index in [-0.39, 0.29) is 18.4 Å². The maximum absolute atomic E-state index is 13.0. The summed E-state index contributed by atoms with van der Waals surface area (Å²) in [6.07, 6.45) is 7.78. The molecule has 2 fully saturated rings. The van der Waals surface area contributed by atoms with Crippen LogP contribution < -0.4 is 5.32 Å². The Morgan fingerprint density at radius 2 is 1.96 bits per heavy atom. The second-order valence-corrected chi connectivity index (χ2v) is 7.26. The number of amides is 1. The summed E-state index contributed by atoms with van der Waals surface area (Å²) in [6.45, 7) is 5.21. The Balaban J connectivity index is 0.00000208. The van der Waals surface area contributed by atoms with E-state index in [1.165, 1.54) is 24.0 Å². The molecule has 1 aromatic rings. The molecule has 0 radical (unpaired) electrons. The Kier molecular flexibility index (Phi) is 7.57. The third kappa shape index (κ3) is 4.97. The molecular formula is C20H31ClN2O. The van der Waals surface area contributed by atoms with E-state index in [4.69, 9.17) is 0 Å². The minimum Gasteiger partial charge on any atom is -0.336 e. The molecule has 2 aliphatic heterocycles. The third-order valence-electron chi connectivity index (χ3n) is 5.42. The number of piperidine rings is 1. The standard InChI is InChI=1S/C20H30N2O.ClH/c1-16-6-5-7-18(14-16)19-8-3-2-4-13-22(19)20(23)15-17-9-11-21-12-10-17;/h5-7,14,17,19,21H,2-4,8-13,15H2,1H3;1H. The van der Waals surface area contributed by atoms with Gasteiger partial charge in [0.15, 0.2) is 0 Å². The van der Waals surface area contributed by atoms with Crippen LogP contribution in [0.4, 0.5) is 0 Å². The van der Waals surface area contributed by atoms with E-state index in [0.717, 1.165) is 51.7 Å². The molecule has 2 heterocycles. The number of hydrogen-bond donors (Lipinski definition) is 1. The van der Waals surface area contributed by atoms with Gasteiger partial charge >= 0.3 is 0 Å². The Labute approximate surface area is 152 Å². The average molecular weight is 351 g/mol. The monoisotopic (exact) mass is 350 g/mol. The van der Waals surface area contributed by atoms with E-state index in [0.29, 0.717) is 11.8 Å². The molecule has 3 nitrogen and oxygen atoms in total. The fourth-order valence-electron chi connectivity index (χ4n) is 4.08. The number of rotatable bonds is 3. The summed E-state index contributed by atoms with van der Waals surface area (Å²) in [7, 11) is 0. The number of nitrogens with one attached hydrogen (secondary N) is 1. The van der Waals surface area contributed by atoms with Crippen molar-refractivity contribution in [3.63, 3.8) is 0 Å². The maximum atomic E-state index is 13.0. The van der Waals surface area contributed by atoms with Crippen LogP contribution in [0.15, 0.2) is 24.3 Å². The normalized spacial score (nSPS) is 22.5. The molecule has 1 atom stereocenters. The van der Waals surface area contributed by atoms with Gasteiger partial charge < -0.3 is 10.2 Å². The number of nitrogens with zero attached hydrogens (tertiary/aromatic N) is 1. The lowest BCUT2D eigenvalue weighted by atomic mass is 9.93. The lowest BCUT2D eigenvalue weighted by Crippen LogP contribution is -2.37. The van der Waals surface area contributed by atoms with Gasteiger partial charge in [0.05, 0.1) is 6.04 Å². The molecule has 134 valence electrons. The molecule has 2 saturated heterocycles. The highest BCUT2D eigenvalue weighted by Crippen LogP contribution is 2.32. The Morgan fingerprint density at radius 3 is 2.71 bits per heavy atom. The molecule has 4 heteroatoms. The Bertz CT molecular complexity index is 528. The first-order valence-corrected chi connectivity index (χ1v) is 9.31. The van der Waals surface area contributed by atoms with Crippen LogP contribution in [0.25, 0.3) is 0 Å². The summed E-state index contributed by atoms with van der Waals surface area (Å²) in [4.78, 5) is 15.2. The zero-order valence-corrected chi connectivity index (χ0v) is 15.6. The lowest BCUT2D eigenvalue weighted by molar-refractivity contribution is -0.134. The van der Waals surface area contributed by atoms with Crippen LogP contribution >= 0.6 is 12.4 Å². The maximum Gasteiger partial charge on any atom is 0.223 e. The minimum atomic E-state index is 0. The van der Waals surface area contributed by atoms with Crippen molar-refractivity contribution in [2.24, 2.45) is 5.92 Å². The summed E-state index contributed by atoms with van der Waals surface area (Å²) in [5.41, 5.74) is 2.61. The smallest absolute Gasteiger partial charge is 0.223 e. The fraction of sp³-hybridized carbons (Fsp3) is 0.650. The van der Waals surface area contributed by atoms with Gasteiger partial charge in [-0.25, -0.2) is 0 Å². The highest BCUT2D eigenvalue weighted by Gasteiger charge is 2.28. The van der Waals surface area contributed by atoms with E-state index < -0.39 is 0 Å². The molecule has 24 heavy (non-hydrogen) atoms. The van der Waals surface area contributed by atoms with Gasteiger partial charge in [-0.1, -0.05) is 42.7 Å². The second kappa shape index (κ2) is 9.43. The fourth-order valence-corrected chi connectivity index (χ4v) is 4.08. The van der Waals surface area contributed by atoms with Gasteiger partial charge in [-0.15, -0.1) is 12.4 Å². The SMILES string of the molecule is Cc1cccc(C2CCCCCN2C(=O)CC2CCNCC2)c1.Cl. The van der Waals surface area contributed by atoms with Gasteiger partial charge in [0, 0.05) is 13.0 Å². The lowest BCUT2D eigenvalue weighted by Gasteiger charge is -2.33. The Morgan fingerprint density at radius 1 is 1.17 bits per heavy atom. The molecule has 2 aliphatic rings. The molecule has 1 unspecified atom stereocenters. The molecule has 0 spiro atoms. The number of hydrogen-bond acceptors (Lipinski definition) is 2. The van der Waals surface area contributed by atoms with Crippen molar-refractivity contribution in [3.05, 3.63) is 35.4 Å². The molecular weight excluding hydrogens is 320 g/mol. The number of benzene rings is 1. The van der Waals surface area contributed by atoms with Crippen molar-refractivity contribution in [1.82, 2.24) is 10.2 Å². The summed E-state index contributed by atoms with van der Waals surface area (Å²) in [5.74, 6) is 0.954. The van der Waals surface area contributed by atoms with E-state index in [1.807, 2.05) is 0 Å². The third-order valence-corrected chi connectivity index (χ3v) is 5.42. The highest BCUT2D eigenvalue weighted by atomic mass is 35.5. The second-order valence-electron chi connectivity index (χ2n) is 7.26. The molecule has 0 aromatic heterocycles. The topological polar surface area (TPSA) is 32.3 Å². The van der Waals surface area contributed by atoms with Crippen LogP contribution in [0.5, 0.6) is 0 Å². The van der Waals surface area contributed by atoms with Crippen molar-refractivity contribution in [3.8, 4) is 0 Å². The Hall–Kier alpha value is -1.06. The largest absolute Gasteiger partial charge is 0.336 e. The number of halogens is 1. The van der Waals surface area contributed by atoms with E-state index in [1.54, 1.807) is 0 Å². The number of carbonyl (C=O) groups is 1. The van der Waals surface area contributed by atoms with Crippen LogP contribution in [-0.4, -0.2) is 30.4 Å². The van der Waals surface area contributed by atoms with Crippen molar-refractivity contribution < 1.29 is 4.79 Å². The van der Waals surface area contributed by atoms with Crippen LogP contribution in [0.2, 0.25) is 0 Å². The number of aryl methyl sites for hydroxylation is 1. The van der Waals surface area contributed by atoms with Gasteiger partial charge in [0.2, 0.25) is 5.91 Å². The summed E-state index contributed by atoms with van der Waals surface area (Å²) in [6, 6.07) is 9.02. The van der Waals surface area contributed by atoms with Gasteiger partial charge in [-0.3, -0.25) is 4.79 Å². The molecule has 1 aromatic carbocycles. The summed E-state index contributed by atoms with van der Waals surface area (Å²) >= 11 is 0. The molecule has 1 N–H and O–H groups in total. The molecule has 0 bridgehead atoms. The molecule has 0 saturated carbocycles. The molecule has 1 amide bonds. The van der Waals surface area contributed by atoms with Gasteiger partial charge in [0.25, 0.3) is 0 Å². The average Bonchev–Trinajstić information content (AvgIpc) is 2.82. The van der Waals surface area contributed by atoms with Crippen molar-refractivity contribution in [2.75, 3.05) is 19.6 Å². The predicted octanol–water partition coefficient (Wildman–Crippen LogP) is 4.25. The first-order valence-electron chi connectivity index (χ1n) is 9.31.